The van der Waals surface area contributed by atoms with E-state index in [1.807, 2.05) is 11.8 Å². The van der Waals surface area contributed by atoms with Gasteiger partial charge in [0.25, 0.3) is 0 Å². The Kier molecular flexibility index (Phi) is 4.11. The predicted molar refractivity (Wildman–Crippen MR) is 72.3 cm³/mol. The zero-order chi connectivity index (χ0) is 12.3. The molecule has 92 valence electrons. The van der Waals surface area contributed by atoms with Crippen LogP contribution in [-0.2, 0) is 4.79 Å². The summed E-state index contributed by atoms with van der Waals surface area (Å²) in [5, 5.41) is 0.0239. The molecule has 0 unspecified atom stereocenters. The lowest BCUT2D eigenvalue weighted by molar-refractivity contribution is -0.129. The fourth-order valence-electron chi connectivity index (χ4n) is 2.07. The molecule has 2 rings (SSSR count). The smallest absolute Gasteiger partial charge is 0.235 e. The Bertz CT molecular complexity index is 382. The second kappa shape index (κ2) is 5.58. The van der Waals surface area contributed by atoms with E-state index in [9.17, 15) is 4.79 Å². The van der Waals surface area contributed by atoms with Gasteiger partial charge in [0, 0.05) is 18.0 Å². The molecule has 0 bridgehead atoms. The Morgan fingerprint density at radius 2 is 1.82 bits per heavy atom. The summed E-state index contributed by atoms with van der Waals surface area (Å²) in [6.45, 7) is 5.97. The van der Waals surface area contributed by atoms with Crippen molar-refractivity contribution in [3.05, 3.63) is 29.8 Å². The number of aryl methyl sites for hydroxylation is 1. The number of nitrogens with zero attached hydrogens (tertiary/aromatic N) is 1. The van der Waals surface area contributed by atoms with Crippen molar-refractivity contribution >= 4 is 17.7 Å². The van der Waals surface area contributed by atoms with Gasteiger partial charge in [0.05, 0.1) is 5.25 Å². The van der Waals surface area contributed by atoms with Gasteiger partial charge in [0.15, 0.2) is 0 Å². The monoisotopic (exact) mass is 249 g/mol. The van der Waals surface area contributed by atoms with Crippen LogP contribution >= 0.6 is 11.8 Å². The molecule has 0 N–H and O–H groups in total. The Hall–Kier alpha value is -0.960. The van der Waals surface area contributed by atoms with Crippen LogP contribution in [0.4, 0.5) is 0 Å². The van der Waals surface area contributed by atoms with E-state index in [0.717, 1.165) is 25.9 Å². The van der Waals surface area contributed by atoms with E-state index in [1.165, 1.54) is 10.5 Å². The second-order valence-electron chi connectivity index (χ2n) is 4.61. The fraction of sp³-hybridized carbons (Fsp3) is 0.500. The van der Waals surface area contributed by atoms with Crippen LogP contribution in [0.2, 0.25) is 0 Å². The van der Waals surface area contributed by atoms with E-state index in [0.29, 0.717) is 0 Å². The minimum absolute atomic E-state index is 0.0239. The van der Waals surface area contributed by atoms with Crippen molar-refractivity contribution in [2.45, 2.75) is 36.8 Å². The van der Waals surface area contributed by atoms with Crippen LogP contribution in [0.25, 0.3) is 0 Å². The first-order valence-corrected chi connectivity index (χ1v) is 7.07. The molecule has 1 amide bonds. The molecule has 1 atom stereocenters. The SMILES string of the molecule is Cc1ccc(S[C@@H](C)C(=O)N2CCCC2)cc1. The highest BCUT2D eigenvalue weighted by atomic mass is 32.2. The largest absolute Gasteiger partial charge is 0.342 e. The number of likely N-dealkylation sites (tertiary alicyclic amines) is 1. The number of carbonyl (C=O) groups excluding carboxylic acids is 1. The van der Waals surface area contributed by atoms with Crippen molar-refractivity contribution in [3.8, 4) is 0 Å². The van der Waals surface area contributed by atoms with Crippen LogP contribution in [0.1, 0.15) is 25.3 Å². The van der Waals surface area contributed by atoms with Crippen LogP contribution in [0.5, 0.6) is 0 Å². The van der Waals surface area contributed by atoms with Crippen molar-refractivity contribution in [3.63, 3.8) is 0 Å². The summed E-state index contributed by atoms with van der Waals surface area (Å²) in [5.41, 5.74) is 1.26. The van der Waals surface area contributed by atoms with Gasteiger partial charge in [-0.15, -0.1) is 11.8 Å². The van der Waals surface area contributed by atoms with Gasteiger partial charge in [-0.25, -0.2) is 0 Å². The molecule has 0 saturated carbocycles. The highest BCUT2D eigenvalue weighted by molar-refractivity contribution is 8.00. The van der Waals surface area contributed by atoms with Gasteiger partial charge in [0.2, 0.25) is 5.91 Å². The third-order valence-corrected chi connectivity index (χ3v) is 4.20. The van der Waals surface area contributed by atoms with Gasteiger partial charge in [-0.1, -0.05) is 17.7 Å². The molecule has 0 aromatic heterocycles. The van der Waals surface area contributed by atoms with Gasteiger partial charge in [-0.05, 0) is 38.8 Å². The molecule has 3 heteroatoms. The minimum Gasteiger partial charge on any atom is -0.342 e. The van der Waals surface area contributed by atoms with E-state index in [-0.39, 0.29) is 11.2 Å². The van der Waals surface area contributed by atoms with Crippen LogP contribution in [-0.4, -0.2) is 29.1 Å². The first-order valence-electron chi connectivity index (χ1n) is 6.19. The summed E-state index contributed by atoms with van der Waals surface area (Å²) in [6.07, 6.45) is 2.32. The van der Waals surface area contributed by atoms with E-state index in [4.69, 9.17) is 0 Å². The minimum atomic E-state index is 0.0239. The van der Waals surface area contributed by atoms with E-state index in [2.05, 4.69) is 31.2 Å². The second-order valence-corrected chi connectivity index (χ2v) is 6.02. The van der Waals surface area contributed by atoms with Crippen LogP contribution in [0, 0.1) is 6.92 Å². The van der Waals surface area contributed by atoms with Crippen molar-refractivity contribution < 1.29 is 4.79 Å². The Morgan fingerprint density at radius 1 is 1.24 bits per heavy atom. The summed E-state index contributed by atoms with van der Waals surface area (Å²) in [7, 11) is 0. The van der Waals surface area contributed by atoms with E-state index < -0.39 is 0 Å². The number of hydrogen-bond donors (Lipinski definition) is 0. The molecule has 1 heterocycles. The topological polar surface area (TPSA) is 20.3 Å². The maximum atomic E-state index is 12.1. The zero-order valence-corrected chi connectivity index (χ0v) is 11.3. The van der Waals surface area contributed by atoms with E-state index >= 15 is 0 Å². The fourth-order valence-corrected chi connectivity index (χ4v) is 3.02. The summed E-state index contributed by atoms with van der Waals surface area (Å²) in [6, 6.07) is 8.37. The van der Waals surface area contributed by atoms with Gasteiger partial charge in [-0.2, -0.15) is 0 Å². The molecule has 1 aromatic rings. The number of rotatable bonds is 3. The lowest BCUT2D eigenvalue weighted by Gasteiger charge is -2.19. The molecule has 1 fully saturated rings. The number of carbonyl (C=O) groups is 1. The van der Waals surface area contributed by atoms with Crippen LogP contribution < -0.4 is 0 Å². The lowest BCUT2D eigenvalue weighted by Crippen LogP contribution is -2.33. The third kappa shape index (κ3) is 3.25. The highest BCUT2D eigenvalue weighted by Crippen LogP contribution is 2.25. The molecule has 2 nitrogen and oxygen atoms in total. The Labute approximate surface area is 107 Å². The normalized spacial score (nSPS) is 17.2. The maximum Gasteiger partial charge on any atom is 0.235 e. The van der Waals surface area contributed by atoms with E-state index in [1.54, 1.807) is 11.8 Å². The third-order valence-electron chi connectivity index (χ3n) is 3.10. The average Bonchev–Trinajstić information content (AvgIpc) is 2.84. The summed E-state index contributed by atoms with van der Waals surface area (Å²) in [5.74, 6) is 0.285. The van der Waals surface area contributed by atoms with Gasteiger partial charge in [0.1, 0.15) is 0 Å². The Balaban J connectivity index is 1.93. The van der Waals surface area contributed by atoms with Crippen molar-refractivity contribution in [2.24, 2.45) is 0 Å². The molecule has 0 aliphatic carbocycles. The lowest BCUT2D eigenvalue weighted by atomic mass is 10.2. The first kappa shape index (κ1) is 12.5. The summed E-state index contributed by atoms with van der Waals surface area (Å²) in [4.78, 5) is 15.3. The van der Waals surface area contributed by atoms with Crippen molar-refractivity contribution in [1.29, 1.82) is 0 Å². The summed E-state index contributed by atoms with van der Waals surface area (Å²) >= 11 is 1.66. The van der Waals surface area contributed by atoms with Gasteiger partial charge in [-0.3, -0.25) is 4.79 Å². The molecule has 1 aliphatic rings. The quantitative estimate of drug-likeness (QED) is 0.767. The summed E-state index contributed by atoms with van der Waals surface area (Å²) < 4.78 is 0. The number of thioether (sulfide) groups is 1. The zero-order valence-electron chi connectivity index (χ0n) is 10.5. The standard InChI is InChI=1S/C14H19NOS/c1-11-5-7-13(8-6-11)17-12(2)14(16)15-9-3-4-10-15/h5-8,12H,3-4,9-10H2,1-2H3/t12-/m0/s1. The number of benzene rings is 1. The molecule has 1 aliphatic heterocycles. The highest BCUT2D eigenvalue weighted by Gasteiger charge is 2.23. The average molecular weight is 249 g/mol. The first-order chi connectivity index (χ1) is 8.16. The van der Waals surface area contributed by atoms with Gasteiger partial charge < -0.3 is 4.90 Å². The molecule has 17 heavy (non-hydrogen) atoms. The molecular formula is C14H19NOS. The number of amides is 1. The molecule has 1 saturated heterocycles. The number of hydrogen-bond acceptors (Lipinski definition) is 2. The maximum absolute atomic E-state index is 12.1. The van der Waals surface area contributed by atoms with Crippen LogP contribution in [0.3, 0.4) is 0 Å². The molecule has 0 spiro atoms. The van der Waals surface area contributed by atoms with Crippen molar-refractivity contribution in [2.75, 3.05) is 13.1 Å². The molecule has 1 aromatic carbocycles. The van der Waals surface area contributed by atoms with Gasteiger partial charge >= 0.3 is 0 Å². The molecular weight excluding hydrogens is 230 g/mol. The Morgan fingerprint density at radius 3 is 2.41 bits per heavy atom. The van der Waals surface area contributed by atoms with Crippen molar-refractivity contribution in [1.82, 2.24) is 4.90 Å². The van der Waals surface area contributed by atoms with Crippen LogP contribution in [0.15, 0.2) is 29.2 Å². The molecule has 0 radical (unpaired) electrons. The predicted octanol–water partition coefficient (Wildman–Crippen LogP) is 3.10.